The number of carbonyl (C=O) groups excluding carboxylic acids is 2. The number of nitrogens with zero attached hydrogens (tertiary/aromatic N) is 2. The van der Waals surface area contributed by atoms with Crippen LogP contribution in [0.1, 0.15) is 79.7 Å². The van der Waals surface area contributed by atoms with E-state index in [2.05, 4.69) is 65.2 Å². The molecule has 2 heterocycles. The number of fused-ring (bicyclic) bond motifs is 3. The third-order valence-corrected chi connectivity index (χ3v) is 10.9. The highest BCUT2D eigenvalue weighted by molar-refractivity contribution is 6.48. The molecule has 3 aromatic rings. The van der Waals surface area contributed by atoms with Crippen LogP contribution in [0.3, 0.4) is 0 Å². The molecule has 3 saturated carbocycles. The number of amides is 2. The Bertz CT molecular complexity index is 1660. The van der Waals surface area contributed by atoms with Crippen LogP contribution in [-0.4, -0.2) is 47.2 Å². The molecule has 1 aliphatic heterocycles. The Labute approximate surface area is 267 Å². The summed E-state index contributed by atoms with van der Waals surface area (Å²) in [6, 6.07) is 15.0. The van der Waals surface area contributed by atoms with Crippen molar-refractivity contribution in [2.45, 2.75) is 104 Å². The minimum Gasteiger partial charge on any atom is -0.404 e. The highest BCUT2D eigenvalue weighted by Crippen LogP contribution is 2.65. The van der Waals surface area contributed by atoms with E-state index < -0.39 is 13.2 Å². The fourth-order valence-electron chi connectivity index (χ4n) is 8.48. The van der Waals surface area contributed by atoms with Gasteiger partial charge in [-0.25, -0.2) is 0 Å². The van der Waals surface area contributed by atoms with Crippen molar-refractivity contribution in [3.8, 4) is 6.07 Å². The molecule has 2 aromatic carbocycles. The molecule has 9 heteroatoms. The number of hydrogen-bond donors (Lipinski definition) is 2. The molecule has 238 valence electrons. The van der Waals surface area contributed by atoms with E-state index in [0.717, 1.165) is 28.2 Å². The molecule has 1 aromatic heterocycles. The van der Waals surface area contributed by atoms with Crippen molar-refractivity contribution in [2.24, 2.45) is 29.1 Å². The Kier molecular flexibility index (Phi) is 8.28. The number of nitriles is 1. The molecule has 7 rings (SSSR count). The predicted octanol–water partition coefficient (Wildman–Crippen LogP) is 6.00. The van der Waals surface area contributed by atoms with Gasteiger partial charge in [0.15, 0.2) is 0 Å². The normalized spacial score (nSPS) is 26.4. The summed E-state index contributed by atoms with van der Waals surface area (Å²) in [4.78, 5) is 27.6. The molecule has 1 saturated heterocycles. The topological polar surface area (TPSA) is 105 Å². The number of aromatic nitrogens is 1. The van der Waals surface area contributed by atoms with Crippen molar-refractivity contribution in [3.05, 3.63) is 48.0 Å². The average molecular weight is 611 g/mol. The molecule has 45 heavy (non-hydrogen) atoms. The van der Waals surface area contributed by atoms with Gasteiger partial charge in [0, 0.05) is 16.3 Å². The largest absolute Gasteiger partial charge is 0.481 e. The third-order valence-electron chi connectivity index (χ3n) is 10.9. The molecular formula is C36H47BN4O4. The lowest BCUT2D eigenvalue weighted by Gasteiger charge is -2.64. The minimum absolute atomic E-state index is 0.0312. The van der Waals surface area contributed by atoms with Crippen molar-refractivity contribution in [1.82, 2.24) is 15.2 Å². The van der Waals surface area contributed by atoms with Crippen LogP contribution in [0.4, 0.5) is 0 Å². The number of rotatable bonds is 10. The van der Waals surface area contributed by atoms with E-state index in [1.807, 2.05) is 41.0 Å². The number of benzene rings is 2. The van der Waals surface area contributed by atoms with Crippen LogP contribution in [0.2, 0.25) is 0 Å². The zero-order chi connectivity index (χ0) is 32.3. The predicted molar refractivity (Wildman–Crippen MR) is 177 cm³/mol. The lowest BCUT2D eigenvalue weighted by Crippen LogP contribution is -2.65. The van der Waals surface area contributed by atoms with Crippen LogP contribution in [0, 0.1) is 40.4 Å². The quantitative estimate of drug-likeness (QED) is 0.274. The average Bonchev–Trinajstić information content (AvgIpc) is 3.50. The zero-order valence-electron chi connectivity index (χ0n) is 27.7. The second-order valence-corrected chi connectivity index (χ2v) is 15.3. The maximum Gasteiger partial charge on any atom is 0.481 e. The van der Waals surface area contributed by atoms with Crippen molar-refractivity contribution in [2.75, 3.05) is 0 Å². The van der Waals surface area contributed by atoms with E-state index in [0.29, 0.717) is 36.2 Å². The Morgan fingerprint density at radius 3 is 2.40 bits per heavy atom. The fourth-order valence-corrected chi connectivity index (χ4v) is 8.48. The van der Waals surface area contributed by atoms with Gasteiger partial charge in [-0.15, -0.1) is 0 Å². The van der Waals surface area contributed by atoms with E-state index >= 15 is 0 Å². The Hall–Kier alpha value is -3.35. The van der Waals surface area contributed by atoms with Gasteiger partial charge in [0.05, 0.1) is 34.8 Å². The second kappa shape index (κ2) is 11.8. The van der Waals surface area contributed by atoms with Crippen LogP contribution < -0.4 is 10.6 Å². The van der Waals surface area contributed by atoms with Crippen molar-refractivity contribution in [3.63, 3.8) is 0 Å². The number of hydrogen-bond acceptors (Lipinski definition) is 5. The van der Waals surface area contributed by atoms with Gasteiger partial charge in [0.25, 0.3) is 0 Å². The maximum atomic E-state index is 14.0. The highest BCUT2D eigenvalue weighted by atomic mass is 16.7. The fraction of sp³-hybridized carbons (Fsp3) is 0.583. The van der Waals surface area contributed by atoms with Gasteiger partial charge in [-0.3, -0.25) is 9.59 Å². The third kappa shape index (κ3) is 5.65. The molecule has 4 aliphatic rings. The van der Waals surface area contributed by atoms with Gasteiger partial charge in [0.2, 0.25) is 11.8 Å². The smallest absolute Gasteiger partial charge is 0.404 e. The first kappa shape index (κ1) is 31.6. The van der Waals surface area contributed by atoms with Crippen LogP contribution in [0.25, 0.3) is 21.8 Å². The summed E-state index contributed by atoms with van der Waals surface area (Å²) >= 11 is 0. The summed E-state index contributed by atoms with van der Waals surface area (Å²) in [6.07, 6.45) is 3.40. The van der Waals surface area contributed by atoms with E-state index in [1.165, 1.54) is 6.42 Å². The standard InChI is InChI=1S/C36H47BN4O4/c1-21(2)14-27(39-33(42)20-41-28-11-9-8-10-25(28)26-13-12-23(19-38)16-29(26)41)34(43)40-32(15-22(3)4)37-44-31-18-24-17-30(35(24,5)6)36(31,7)45-37/h8-13,16,21-22,24,27,30-32H,14-15,17-18,20H2,1-7H3,(H,39,42)(H,40,43)/t24-,27-,30-,31+,32-,36-/m0/s1. The first-order chi connectivity index (χ1) is 21.3. The highest BCUT2D eigenvalue weighted by Gasteiger charge is 2.68. The molecule has 8 nitrogen and oxygen atoms in total. The van der Waals surface area contributed by atoms with Crippen molar-refractivity contribution < 1.29 is 18.9 Å². The van der Waals surface area contributed by atoms with Crippen LogP contribution >= 0.6 is 0 Å². The lowest BCUT2D eigenvalue weighted by molar-refractivity contribution is -0.199. The van der Waals surface area contributed by atoms with Gasteiger partial charge in [-0.05, 0) is 79.9 Å². The molecular weight excluding hydrogens is 563 g/mol. The summed E-state index contributed by atoms with van der Waals surface area (Å²) in [5, 5.41) is 17.8. The minimum atomic E-state index is -0.707. The van der Waals surface area contributed by atoms with Gasteiger partial charge >= 0.3 is 7.12 Å². The van der Waals surface area contributed by atoms with Crippen molar-refractivity contribution in [1.29, 1.82) is 5.26 Å². The van der Waals surface area contributed by atoms with Crippen molar-refractivity contribution >= 4 is 40.7 Å². The first-order valence-electron chi connectivity index (χ1n) is 16.7. The van der Waals surface area contributed by atoms with Gasteiger partial charge in [0.1, 0.15) is 12.6 Å². The summed E-state index contributed by atoms with van der Waals surface area (Å²) in [6.45, 7) is 15.3. The molecule has 2 amide bonds. The van der Waals surface area contributed by atoms with E-state index in [1.54, 1.807) is 6.07 Å². The molecule has 2 bridgehead atoms. The van der Waals surface area contributed by atoms with E-state index in [4.69, 9.17) is 9.31 Å². The van der Waals surface area contributed by atoms with Crippen LogP contribution in [0.15, 0.2) is 42.5 Å². The number of nitrogens with one attached hydrogen (secondary N) is 2. The molecule has 4 fully saturated rings. The SMILES string of the molecule is CC(C)C[C@H](NC(=O)[C@H](CC(C)C)NC(=O)Cn1c2ccccc2c2ccc(C#N)cc21)B1O[C@@H]2C[C@@H]3C[C@@H](C3(C)C)[C@]2(C)O1. The maximum absolute atomic E-state index is 14.0. The van der Waals surface area contributed by atoms with Crippen LogP contribution in [-0.2, 0) is 25.4 Å². The van der Waals surface area contributed by atoms with E-state index in [-0.39, 0.29) is 47.3 Å². The molecule has 0 unspecified atom stereocenters. The van der Waals surface area contributed by atoms with Gasteiger partial charge < -0.3 is 24.5 Å². The monoisotopic (exact) mass is 610 g/mol. The van der Waals surface area contributed by atoms with Crippen LogP contribution in [0.5, 0.6) is 0 Å². The Morgan fingerprint density at radius 1 is 1.00 bits per heavy atom. The second-order valence-electron chi connectivity index (χ2n) is 15.3. The zero-order valence-corrected chi connectivity index (χ0v) is 27.7. The summed E-state index contributed by atoms with van der Waals surface area (Å²) in [5.74, 6) is 0.790. The van der Waals surface area contributed by atoms with Gasteiger partial charge in [-0.2, -0.15) is 5.26 Å². The molecule has 6 atom stereocenters. The number of carbonyl (C=O) groups is 2. The molecule has 0 spiro atoms. The summed E-state index contributed by atoms with van der Waals surface area (Å²) in [5.41, 5.74) is 2.14. The molecule has 0 radical (unpaired) electrons. The molecule has 3 aliphatic carbocycles. The van der Waals surface area contributed by atoms with E-state index in [9.17, 15) is 14.9 Å². The summed E-state index contributed by atoms with van der Waals surface area (Å²) < 4.78 is 15.3. The Morgan fingerprint density at radius 2 is 1.71 bits per heavy atom. The first-order valence-corrected chi connectivity index (χ1v) is 16.7. The van der Waals surface area contributed by atoms with Gasteiger partial charge in [-0.1, -0.05) is 65.8 Å². The Balaban J connectivity index is 1.20. The number of para-hydroxylation sites is 1. The summed E-state index contributed by atoms with van der Waals surface area (Å²) in [7, 11) is -0.524. The molecule has 2 N–H and O–H groups in total. The lowest BCUT2D eigenvalue weighted by atomic mass is 9.43.